The first-order chi connectivity index (χ1) is 11.7. The van der Waals surface area contributed by atoms with Crippen LogP contribution in [0.1, 0.15) is 42.3 Å². The van der Waals surface area contributed by atoms with Gasteiger partial charge in [0.1, 0.15) is 0 Å². The number of hydrogen-bond acceptors (Lipinski definition) is 4. The molecule has 4 rings (SSSR count). The van der Waals surface area contributed by atoms with E-state index in [1.165, 1.54) is 0 Å². The van der Waals surface area contributed by atoms with Gasteiger partial charge in [0.25, 0.3) is 0 Å². The number of aromatic nitrogens is 4. The molecule has 0 spiro atoms. The van der Waals surface area contributed by atoms with E-state index in [2.05, 4.69) is 25.5 Å². The fraction of sp³-hybridized carbons (Fsp3) is 0.588. The van der Waals surface area contributed by atoms with Crippen LogP contribution < -0.4 is 5.32 Å². The van der Waals surface area contributed by atoms with Crippen molar-refractivity contribution in [1.29, 1.82) is 0 Å². The molecule has 4 heterocycles. The molecular weight excluding hydrogens is 375 g/mol. The molecule has 2 aliphatic heterocycles. The molecule has 2 fully saturated rings. The highest BCUT2D eigenvalue weighted by molar-refractivity contribution is 5.85. The van der Waals surface area contributed by atoms with Crippen LogP contribution in [0.15, 0.2) is 24.8 Å². The van der Waals surface area contributed by atoms with Gasteiger partial charge < -0.3 is 10.2 Å². The van der Waals surface area contributed by atoms with E-state index < -0.39 is 0 Å². The number of H-pyrrole nitrogens is 1. The molecule has 144 valence electrons. The zero-order valence-corrected chi connectivity index (χ0v) is 16.4. The third-order valence-electron chi connectivity index (χ3n) is 5.37. The molecule has 3 atom stereocenters. The Morgan fingerprint density at radius 3 is 2.73 bits per heavy atom. The lowest BCUT2D eigenvalue weighted by molar-refractivity contribution is -0.139. The maximum Gasteiger partial charge on any atom is 0.228 e. The molecule has 26 heavy (non-hydrogen) atoms. The summed E-state index contributed by atoms with van der Waals surface area (Å²) >= 11 is 0. The Balaban J connectivity index is 0.00000121. The van der Waals surface area contributed by atoms with Crippen LogP contribution in [-0.4, -0.2) is 50.4 Å². The van der Waals surface area contributed by atoms with Crippen molar-refractivity contribution in [2.24, 2.45) is 13.0 Å². The molecule has 7 nitrogen and oxygen atoms in total. The largest absolute Gasteiger partial charge is 0.335 e. The Bertz CT molecular complexity index is 704. The van der Waals surface area contributed by atoms with E-state index in [1.807, 2.05) is 36.5 Å². The lowest BCUT2D eigenvalue weighted by Crippen LogP contribution is -2.43. The lowest BCUT2D eigenvalue weighted by Gasteiger charge is -2.37. The summed E-state index contributed by atoms with van der Waals surface area (Å²) in [5.74, 6) is 0.458. The van der Waals surface area contributed by atoms with E-state index in [9.17, 15) is 4.79 Å². The maximum absolute atomic E-state index is 13.3. The molecule has 0 bridgehead atoms. The number of carbonyl (C=O) groups excluding carboxylic acids is 1. The van der Waals surface area contributed by atoms with E-state index in [1.54, 1.807) is 0 Å². The van der Waals surface area contributed by atoms with Crippen LogP contribution in [0.3, 0.4) is 0 Å². The summed E-state index contributed by atoms with van der Waals surface area (Å²) in [6.07, 6.45) is 10.9. The van der Waals surface area contributed by atoms with Gasteiger partial charge in [-0.3, -0.25) is 14.6 Å². The molecule has 0 saturated carbocycles. The highest BCUT2D eigenvalue weighted by Crippen LogP contribution is 2.35. The highest BCUT2D eigenvalue weighted by Gasteiger charge is 2.40. The Hall–Kier alpha value is -1.57. The number of hydrogen-bond donors (Lipinski definition) is 2. The smallest absolute Gasteiger partial charge is 0.228 e. The molecule has 2 aliphatic rings. The van der Waals surface area contributed by atoms with Gasteiger partial charge in [0.15, 0.2) is 0 Å². The molecule has 1 unspecified atom stereocenters. The van der Waals surface area contributed by atoms with Crippen LogP contribution in [0, 0.1) is 5.92 Å². The Morgan fingerprint density at radius 2 is 2.04 bits per heavy atom. The second kappa shape index (κ2) is 8.88. The molecule has 0 aromatic carbocycles. The summed E-state index contributed by atoms with van der Waals surface area (Å²) in [6, 6.07) is 0.153. The maximum atomic E-state index is 13.3. The fourth-order valence-electron chi connectivity index (χ4n) is 4.12. The Kier molecular flexibility index (Phi) is 7.08. The first-order valence-electron chi connectivity index (χ1n) is 8.72. The van der Waals surface area contributed by atoms with E-state index in [0.29, 0.717) is 0 Å². The predicted octanol–water partition coefficient (Wildman–Crippen LogP) is 2.04. The van der Waals surface area contributed by atoms with Crippen LogP contribution >= 0.6 is 24.8 Å². The van der Waals surface area contributed by atoms with Crippen molar-refractivity contribution in [1.82, 2.24) is 30.2 Å². The van der Waals surface area contributed by atoms with Crippen LogP contribution in [-0.2, 0) is 11.8 Å². The van der Waals surface area contributed by atoms with Gasteiger partial charge in [-0.05, 0) is 24.8 Å². The summed E-state index contributed by atoms with van der Waals surface area (Å²) in [5, 5.41) is 14.6. The number of aromatic amines is 1. The minimum Gasteiger partial charge on any atom is -0.335 e. The molecule has 2 N–H and O–H groups in total. The molecule has 2 aromatic heterocycles. The Labute approximate surface area is 165 Å². The summed E-state index contributed by atoms with van der Waals surface area (Å²) in [7, 11) is 1.92. The van der Waals surface area contributed by atoms with Crippen LogP contribution in [0.4, 0.5) is 0 Å². The molecule has 2 aromatic rings. The van der Waals surface area contributed by atoms with Crippen LogP contribution in [0.2, 0.25) is 0 Å². The van der Waals surface area contributed by atoms with E-state index in [4.69, 9.17) is 0 Å². The molecule has 9 heteroatoms. The average Bonchev–Trinajstić information content (AvgIpc) is 3.35. The van der Waals surface area contributed by atoms with Crippen molar-refractivity contribution in [3.8, 4) is 0 Å². The van der Waals surface area contributed by atoms with Crippen molar-refractivity contribution in [3.05, 3.63) is 35.9 Å². The standard InChI is InChI=1S/C17H24N6O.2ClH/c1-22-11-13(8-21-22)14-9-18-10-15(14)17(24)23-5-3-2-4-16(23)12-6-19-20-7-12;;/h6-8,11,14-16,18H,2-5,9-10H2,1H3,(H,19,20);2*1H/t14-,15+,16?;;/m1../s1. The van der Waals surface area contributed by atoms with Crippen LogP contribution in [0.25, 0.3) is 0 Å². The predicted molar refractivity (Wildman–Crippen MR) is 104 cm³/mol. The third-order valence-corrected chi connectivity index (χ3v) is 5.37. The minimum absolute atomic E-state index is 0. The van der Waals surface area contributed by atoms with Gasteiger partial charge in [0.05, 0.1) is 24.4 Å². The summed E-state index contributed by atoms with van der Waals surface area (Å²) in [4.78, 5) is 15.4. The zero-order chi connectivity index (χ0) is 16.5. The van der Waals surface area contributed by atoms with Crippen LogP contribution in [0.5, 0.6) is 0 Å². The van der Waals surface area contributed by atoms with Gasteiger partial charge in [-0.2, -0.15) is 10.2 Å². The van der Waals surface area contributed by atoms with Crippen molar-refractivity contribution in [2.75, 3.05) is 19.6 Å². The first-order valence-corrected chi connectivity index (χ1v) is 8.72. The quantitative estimate of drug-likeness (QED) is 0.825. The molecular formula is C17H26Cl2N6O. The number of carbonyl (C=O) groups is 1. The van der Waals surface area contributed by atoms with Crippen molar-refractivity contribution in [2.45, 2.75) is 31.2 Å². The fourth-order valence-corrected chi connectivity index (χ4v) is 4.12. The molecule has 0 aliphatic carbocycles. The molecule has 0 radical (unpaired) electrons. The van der Waals surface area contributed by atoms with Crippen molar-refractivity contribution >= 4 is 30.7 Å². The second-order valence-corrected chi connectivity index (χ2v) is 6.89. The third kappa shape index (κ3) is 3.89. The number of likely N-dealkylation sites (tertiary alicyclic amines) is 1. The molecule has 2 saturated heterocycles. The highest BCUT2D eigenvalue weighted by atomic mass is 35.5. The van der Waals surface area contributed by atoms with E-state index in [-0.39, 0.29) is 48.6 Å². The zero-order valence-electron chi connectivity index (χ0n) is 14.8. The van der Waals surface area contributed by atoms with Gasteiger partial charge in [-0.15, -0.1) is 24.8 Å². The summed E-state index contributed by atoms with van der Waals surface area (Å²) in [5.41, 5.74) is 2.27. The normalized spacial score (nSPS) is 25.4. The molecule has 1 amide bonds. The van der Waals surface area contributed by atoms with Gasteiger partial charge >= 0.3 is 0 Å². The average molecular weight is 401 g/mol. The van der Waals surface area contributed by atoms with Crippen molar-refractivity contribution in [3.63, 3.8) is 0 Å². The van der Waals surface area contributed by atoms with E-state index >= 15 is 0 Å². The number of halogens is 2. The topological polar surface area (TPSA) is 78.8 Å². The van der Waals surface area contributed by atoms with E-state index in [0.717, 1.165) is 50.0 Å². The minimum atomic E-state index is -0.0123. The first kappa shape index (κ1) is 20.7. The van der Waals surface area contributed by atoms with Gasteiger partial charge in [0, 0.05) is 50.6 Å². The number of aryl methyl sites for hydroxylation is 1. The monoisotopic (exact) mass is 400 g/mol. The number of piperidine rings is 1. The van der Waals surface area contributed by atoms with Gasteiger partial charge in [0.2, 0.25) is 5.91 Å². The number of rotatable bonds is 3. The summed E-state index contributed by atoms with van der Waals surface area (Å²) in [6.45, 7) is 2.42. The Morgan fingerprint density at radius 1 is 1.19 bits per heavy atom. The number of amides is 1. The van der Waals surface area contributed by atoms with Gasteiger partial charge in [-0.25, -0.2) is 0 Å². The second-order valence-electron chi connectivity index (χ2n) is 6.89. The van der Waals surface area contributed by atoms with Gasteiger partial charge in [-0.1, -0.05) is 0 Å². The lowest BCUT2D eigenvalue weighted by atomic mass is 9.87. The number of nitrogens with one attached hydrogen (secondary N) is 2. The summed E-state index contributed by atoms with van der Waals surface area (Å²) < 4.78 is 1.81. The van der Waals surface area contributed by atoms with Crippen molar-refractivity contribution < 1.29 is 4.79 Å². The number of nitrogens with zero attached hydrogens (tertiary/aromatic N) is 4. The SMILES string of the molecule is Cl.Cl.Cn1cc([C@H]2CNC[C@@H]2C(=O)N2CCCCC2c2cn[nH]c2)cn1.